The van der Waals surface area contributed by atoms with E-state index in [2.05, 4.69) is 11.1 Å². The molecule has 2 atom stereocenters. The van der Waals surface area contributed by atoms with E-state index < -0.39 is 0 Å². The van der Waals surface area contributed by atoms with Gasteiger partial charge >= 0.3 is 0 Å². The number of aromatic nitrogens is 2. The van der Waals surface area contributed by atoms with E-state index in [9.17, 15) is 4.79 Å². The van der Waals surface area contributed by atoms with Crippen LogP contribution in [-0.2, 0) is 11.3 Å². The SMILES string of the molecule is CC(C#N)Sc1nc2ccccc2c(=O)n1CC1CCCO1. The second-order valence-corrected chi connectivity index (χ2v) is 6.66. The minimum Gasteiger partial charge on any atom is -0.376 e. The van der Waals surface area contributed by atoms with Crippen molar-refractivity contribution in [2.75, 3.05) is 6.61 Å². The minimum absolute atomic E-state index is 0.0532. The van der Waals surface area contributed by atoms with Gasteiger partial charge in [-0.1, -0.05) is 23.9 Å². The maximum atomic E-state index is 12.8. The molecule has 114 valence electrons. The summed E-state index contributed by atoms with van der Waals surface area (Å²) in [4.78, 5) is 17.4. The predicted molar refractivity (Wildman–Crippen MR) is 85.9 cm³/mol. The van der Waals surface area contributed by atoms with Crippen LogP contribution in [0.1, 0.15) is 19.8 Å². The molecule has 1 aliphatic rings. The lowest BCUT2D eigenvalue weighted by Gasteiger charge is -2.16. The molecule has 0 saturated carbocycles. The molecule has 6 heteroatoms. The molecule has 2 aromatic rings. The van der Waals surface area contributed by atoms with Crippen molar-refractivity contribution < 1.29 is 4.74 Å². The molecule has 0 radical (unpaired) electrons. The van der Waals surface area contributed by atoms with Gasteiger partial charge in [-0.3, -0.25) is 9.36 Å². The number of fused-ring (bicyclic) bond motifs is 1. The molecule has 2 heterocycles. The van der Waals surface area contributed by atoms with E-state index >= 15 is 0 Å². The Labute approximate surface area is 132 Å². The topological polar surface area (TPSA) is 67.9 Å². The number of thioether (sulfide) groups is 1. The van der Waals surface area contributed by atoms with Crippen molar-refractivity contribution in [3.05, 3.63) is 34.6 Å². The summed E-state index contributed by atoms with van der Waals surface area (Å²) in [5.74, 6) is 0. The molecule has 0 N–H and O–H groups in total. The van der Waals surface area contributed by atoms with Crippen molar-refractivity contribution in [3.63, 3.8) is 0 Å². The van der Waals surface area contributed by atoms with Gasteiger partial charge in [0.05, 0.1) is 34.9 Å². The van der Waals surface area contributed by atoms with E-state index in [1.54, 1.807) is 10.6 Å². The first kappa shape index (κ1) is 15.1. The van der Waals surface area contributed by atoms with E-state index in [1.165, 1.54) is 11.8 Å². The van der Waals surface area contributed by atoms with E-state index in [0.717, 1.165) is 19.4 Å². The molecule has 1 aromatic heterocycles. The molecule has 1 fully saturated rings. The van der Waals surface area contributed by atoms with Crippen molar-refractivity contribution in [2.24, 2.45) is 0 Å². The summed E-state index contributed by atoms with van der Waals surface area (Å²) in [6.45, 7) is 3.05. The molecule has 3 rings (SSSR count). The van der Waals surface area contributed by atoms with Crippen LogP contribution in [0.4, 0.5) is 0 Å². The Kier molecular flexibility index (Phi) is 4.46. The smallest absolute Gasteiger partial charge is 0.262 e. The number of para-hydroxylation sites is 1. The Bertz CT molecular complexity index is 775. The van der Waals surface area contributed by atoms with Crippen molar-refractivity contribution in [3.8, 4) is 6.07 Å². The van der Waals surface area contributed by atoms with Crippen LogP contribution in [0, 0.1) is 11.3 Å². The summed E-state index contributed by atoms with van der Waals surface area (Å²) in [6.07, 6.45) is 2.03. The molecular weight excluding hydrogens is 298 g/mol. The van der Waals surface area contributed by atoms with Crippen molar-refractivity contribution >= 4 is 22.7 Å². The van der Waals surface area contributed by atoms with Gasteiger partial charge in [-0.15, -0.1) is 0 Å². The van der Waals surface area contributed by atoms with Crippen LogP contribution in [0.5, 0.6) is 0 Å². The molecule has 22 heavy (non-hydrogen) atoms. The summed E-state index contributed by atoms with van der Waals surface area (Å²) in [5, 5.41) is 9.98. The Morgan fingerprint density at radius 1 is 1.55 bits per heavy atom. The van der Waals surface area contributed by atoms with E-state index in [1.807, 2.05) is 25.1 Å². The highest BCUT2D eigenvalue weighted by Gasteiger charge is 2.21. The average Bonchev–Trinajstić information content (AvgIpc) is 3.04. The fourth-order valence-corrected chi connectivity index (χ4v) is 3.38. The largest absolute Gasteiger partial charge is 0.376 e. The van der Waals surface area contributed by atoms with Crippen molar-refractivity contribution in [1.29, 1.82) is 5.26 Å². The van der Waals surface area contributed by atoms with Crippen LogP contribution in [-0.4, -0.2) is 27.5 Å². The highest BCUT2D eigenvalue weighted by atomic mass is 32.2. The molecule has 1 aromatic carbocycles. The summed E-state index contributed by atoms with van der Waals surface area (Å²) >= 11 is 1.32. The standard InChI is InChI=1S/C16H17N3O2S/c1-11(9-17)22-16-18-14-7-3-2-6-13(14)15(20)19(16)10-12-5-4-8-21-12/h2-3,6-7,11-12H,4-5,8,10H2,1H3. The molecule has 1 aliphatic heterocycles. The van der Waals surface area contributed by atoms with Gasteiger partial charge in [0, 0.05) is 6.61 Å². The summed E-state index contributed by atoms with van der Waals surface area (Å²) in [5.41, 5.74) is 0.609. The highest BCUT2D eigenvalue weighted by molar-refractivity contribution is 8.00. The second kappa shape index (κ2) is 6.51. The average molecular weight is 315 g/mol. The van der Waals surface area contributed by atoms with Gasteiger partial charge in [0.2, 0.25) is 0 Å². The Hall–Kier alpha value is -1.84. The predicted octanol–water partition coefficient (Wildman–Crippen LogP) is 2.58. The zero-order valence-electron chi connectivity index (χ0n) is 12.4. The lowest BCUT2D eigenvalue weighted by molar-refractivity contribution is 0.0937. The third-order valence-electron chi connectivity index (χ3n) is 3.70. The summed E-state index contributed by atoms with van der Waals surface area (Å²) < 4.78 is 7.31. The molecule has 5 nitrogen and oxygen atoms in total. The van der Waals surface area contributed by atoms with E-state index in [0.29, 0.717) is 22.6 Å². The molecule has 0 bridgehead atoms. The zero-order chi connectivity index (χ0) is 15.5. The van der Waals surface area contributed by atoms with Gasteiger partial charge in [-0.25, -0.2) is 4.98 Å². The Morgan fingerprint density at radius 2 is 2.36 bits per heavy atom. The molecule has 0 spiro atoms. The van der Waals surface area contributed by atoms with Gasteiger partial charge < -0.3 is 4.74 Å². The van der Waals surface area contributed by atoms with Crippen LogP contribution >= 0.6 is 11.8 Å². The molecule has 1 saturated heterocycles. The van der Waals surface area contributed by atoms with Gasteiger partial charge in [0.1, 0.15) is 0 Å². The highest BCUT2D eigenvalue weighted by Crippen LogP contribution is 2.23. The minimum atomic E-state index is -0.260. The van der Waals surface area contributed by atoms with Gasteiger partial charge in [0.25, 0.3) is 5.56 Å². The van der Waals surface area contributed by atoms with Crippen LogP contribution in [0.25, 0.3) is 10.9 Å². The fourth-order valence-electron chi connectivity index (χ4n) is 2.58. The van der Waals surface area contributed by atoms with Crippen LogP contribution in [0.3, 0.4) is 0 Å². The van der Waals surface area contributed by atoms with E-state index in [-0.39, 0.29) is 16.9 Å². The van der Waals surface area contributed by atoms with Crippen LogP contribution in [0.15, 0.2) is 34.2 Å². The molecule has 0 amide bonds. The first-order valence-electron chi connectivity index (χ1n) is 7.36. The first-order valence-corrected chi connectivity index (χ1v) is 8.24. The maximum absolute atomic E-state index is 12.8. The van der Waals surface area contributed by atoms with Crippen molar-refractivity contribution in [2.45, 2.75) is 42.8 Å². The molecule has 2 unspecified atom stereocenters. The van der Waals surface area contributed by atoms with Crippen LogP contribution < -0.4 is 5.56 Å². The number of nitrogens with zero attached hydrogens (tertiary/aromatic N) is 3. The zero-order valence-corrected chi connectivity index (χ0v) is 13.2. The number of hydrogen-bond acceptors (Lipinski definition) is 5. The summed E-state index contributed by atoms with van der Waals surface area (Å²) in [7, 11) is 0. The number of nitriles is 1. The first-order chi connectivity index (χ1) is 10.7. The number of rotatable bonds is 4. The third-order valence-corrected chi connectivity index (χ3v) is 4.68. The number of benzene rings is 1. The number of ether oxygens (including phenoxy) is 1. The molecule has 0 aliphatic carbocycles. The lowest BCUT2D eigenvalue weighted by atomic mass is 10.2. The van der Waals surface area contributed by atoms with Gasteiger partial charge in [-0.05, 0) is 31.9 Å². The lowest BCUT2D eigenvalue weighted by Crippen LogP contribution is -2.29. The maximum Gasteiger partial charge on any atom is 0.262 e. The van der Waals surface area contributed by atoms with Crippen molar-refractivity contribution in [1.82, 2.24) is 9.55 Å². The number of hydrogen-bond donors (Lipinski definition) is 0. The molecular formula is C16H17N3O2S. The normalized spacial score (nSPS) is 19.2. The van der Waals surface area contributed by atoms with E-state index in [4.69, 9.17) is 10.00 Å². The monoisotopic (exact) mass is 315 g/mol. The third kappa shape index (κ3) is 3.01. The van der Waals surface area contributed by atoms with Gasteiger partial charge in [-0.2, -0.15) is 5.26 Å². The summed E-state index contributed by atoms with van der Waals surface area (Å²) in [6, 6.07) is 9.50. The van der Waals surface area contributed by atoms with Crippen LogP contribution in [0.2, 0.25) is 0 Å². The van der Waals surface area contributed by atoms with Gasteiger partial charge in [0.15, 0.2) is 5.16 Å². The fraction of sp³-hybridized carbons (Fsp3) is 0.438. The quantitative estimate of drug-likeness (QED) is 0.641. The second-order valence-electron chi connectivity index (χ2n) is 5.35. The Balaban J connectivity index is 2.08. The Morgan fingerprint density at radius 3 is 3.09 bits per heavy atom.